The van der Waals surface area contributed by atoms with Crippen LogP contribution in [0.2, 0.25) is 0 Å². The van der Waals surface area contributed by atoms with Crippen LogP contribution < -0.4 is 5.90 Å². The Morgan fingerprint density at radius 1 is 1.09 bits per heavy atom. The molecule has 0 saturated heterocycles. The molecule has 2 N–H and O–H groups in total. The first-order chi connectivity index (χ1) is 11.4. The maximum Gasteiger partial charge on any atom is 0.165 e. The van der Waals surface area contributed by atoms with Crippen LogP contribution in [0.1, 0.15) is 22.9 Å². The predicted octanol–water partition coefficient (Wildman–Crippen LogP) is 1.40. The Kier molecular flexibility index (Phi) is 3.41. The van der Waals surface area contributed by atoms with Gasteiger partial charge in [0.2, 0.25) is 0 Å². The second-order valence-electron chi connectivity index (χ2n) is 5.08. The van der Waals surface area contributed by atoms with Crippen molar-refractivity contribution in [1.82, 2.24) is 19.7 Å². The molecule has 0 saturated carbocycles. The average molecular weight is 306 g/mol. The maximum atomic E-state index is 5.21. The van der Waals surface area contributed by atoms with E-state index in [1.54, 1.807) is 6.20 Å². The molecule has 0 spiro atoms. The number of nitrogens with zero attached hydrogens (tertiary/aromatic N) is 5. The van der Waals surface area contributed by atoms with Crippen LogP contribution >= 0.6 is 0 Å². The molecule has 114 valence electrons. The zero-order valence-corrected chi connectivity index (χ0v) is 12.3. The zero-order valence-electron chi connectivity index (χ0n) is 12.3. The highest BCUT2D eigenvalue weighted by Gasteiger charge is 2.22. The number of rotatable bonds is 3. The number of benzene rings is 1. The van der Waals surface area contributed by atoms with Crippen molar-refractivity contribution in [3.63, 3.8) is 0 Å². The van der Waals surface area contributed by atoms with Crippen molar-refractivity contribution in [3.8, 4) is 5.69 Å². The fraction of sp³-hybridized carbons (Fsp3) is 0.125. The van der Waals surface area contributed by atoms with Gasteiger partial charge in [0.25, 0.3) is 0 Å². The van der Waals surface area contributed by atoms with Gasteiger partial charge in [-0.1, -0.05) is 24.3 Å². The Balaban J connectivity index is 1.93. The fourth-order valence-corrected chi connectivity index (χ4v) is 2.73. The zero-order chi connectivity index (χ0) is 15.6. The van der Waals surface area contributed by atoms with Gasteiger partial charge in [-0.2, -0.15) is 0 Å². The number of hydrogen-bond acceptors (Lipinski definition) is 6. The van der Waals surface area contributed by atoms with E-state index in [2.05, 4.69) is 15.2 Å². The van der Waals surface area contributed by atoms with Gasteiger partial charge in [0.15, 0.2) is 11.6 Å². The summed E-state index contributed by atoms with van der Waals surface area (Å²) >= 11 is 0. The molecule has 7 nitrogen and oxygen atoms in total. The first-order valence-electron chi connectivity index (χ1n) is 7.19. The van der Waals surface area contributed by atoms with Gasteiger partial charge in [0.05, 0.1) is 17.1 Å². The molecule has 7 heteroatoms. The third kappa shape index (κ3) is 2.32. The monoisotopic (exact) mass is 306 g/mol. The van der Waals surface area contributed by atoms with Gasteiger partial charge in [0, 0.05) is 11.8 Å². The van der Waals surface area contributed by atoms with Crippen molar-refractivity contribution in [3.05, 3.63) is 71.6 Å². The number of aliphatic imine (C=N–C) groups is 1. The average Bonchev–Trinajstić information content (AvgIpc) is 2.91. The molecule has 1 aliphatic heterocycles. The van der Waals surface area contributed by atoms with Crippen LogP contribution in [0.5, 0.6) is 0 Å². The molecule has 1 aliphatic rings. The van der Waals surface area contributed by atoms with E-state index in [4.69, 9.17) is 15.7 Å². The first-order valence-corrected chi connectivity index (χ1v) is 7.19. The van der Waals surface area contributed by atoms with Gasteiger partial charge in [-0.25, -0.2) is 5.90 Å². The molecule has 1 aromatic carbocycles. The molecule has 0 fully saturated rings. The third-order valence-electron chi connectivity index (χ3n) is 3.70. The summed E-state index contributed by atoms with van der Waals surface area (Å²) < 4.78 is 1.95. The SMILES string of the molecule is NOCc1nnc2n1-c1ccccc1C(c1ccccn1)=NC2. The van der Waals surface area contributed by atoms with E-state index in [9.17, 15) is 0 Å². The number of para-hydroxylation sites is 1. The lowest BCUT2D eigenvalue weighted by molar-refractivity contribution is 0.117. The van der Waals surface area contributed by atoms with Crippen molar-refractivity contribution in [2.75, 3.05) is 0 Å². The van der Waals surface area contributed by atoms with E-state index in [-0.39, 0.29) is 6.61 Å². The molecule has 0 amide bonds. The minimum atomic E-state index is 0.181. The van der Waals surface area contributed by atoms with E-state index in [1.807, 2.05) is 47.0 Å². The molecule has 0 unspecified atom stereocenters. The summed E-state index contributed by atoms with van der Waals surface area (Å²) in [6.07, 6.45) is 1.76. The lowest BCUT2D eigenvalue weighted by Crippen LogP contribution is -2.12. The van der Waals surface area contributed by atoms with Gasteiger partial charge in [-0.15, -0.1) is 10.2 Å². The van der Waals surface area contributed by atoms with E-state index in [0.717, 1.165) is 28.5 Å². The Morgan fingerprint density at radius 3 is 2.78 bits per heavy atom. The van der Waals surface area contributed by atoms with Crippen LogP contribution in [0.15, 0.2) is 53.7 Å². The molecule has 4 rings (SSSR count). The van der Waals surface area contributed by atoms with Crippen molar-refractivity contribution in [2.45, 2.75) is 13.2 Å². The van der Waals surface area contributed by atoms with E-state index < -0.39 is 0 Å². The molecular formula is C16H14N6O. The Bertz CT molecular complexity index is 871. The second-order valence-corrected chi connectivity index (χ2v) is 5.08. The Hall–Kier alpha value is -2.90. The summed E-state index contributed by atoms with van der Waals surface area (Å²) in [5.41, 5.74) is 3.59. The van der Waals surface area contributed by atoms with E-state index in [0.29, 0.717) is 12.4 Å². The molecule has 2 aromatic heterocycles. The Morgan fingerprint density at radius 2 is 1.96 bits per heavy atom. The number of nitrogens with two attached hydrogens (primary N) is 1. The minimum absolute atomic E-state index is 0.181. The number of hydrogen-bond donors (Lipinski definition) is 1. The van der Waals surface area contributed by atoms with Crippen LogP contribution in [0.25, 0.3) is 5.69 Å². The van der Waals surface area contributed by atoms with E-state index in [1.165, 1.54) is 0 Å². The highest BCUT2D eigenvalue weighted by atomic mass is 16.6. The lowest BCUT2D eigenvalue weighted by Gasteiger charge is -2.12. The second kappa shape index (κ2) is 5.71. The number of aromatic nitrogens is 4. The minimum Gasteiger partial charge on any atom is -0.296 e. The number of fused-ring (bicyclic) bond motifs is 3. The van der Waals surface area contributed by atoms with Gasteiger partial charge >= 0.3 is 0 Å². The molecular weight excluding hydrogens is 292 g/mol. The molecule has 23 heavy (non-hydrogen) atoms. The summed E-state index contributed by atoms with van der Waals surface area (Å²) in [5, 5.41) is 8.36. The van der Waals surface area contributed by atoms with Crippen LogP contribution in [-0.2, 0) is 18.0 Å². The summed E-state index contributed by atoms with van der Waals surface area (Å²) in [7, 11) is 0. The molecule has 0 bridgehead atoms. The predicted molar refractivity (Wildman–Crippen MR) is 83.9 cm³/mol. The highest BCUT2D eigenvalue weighted by molar-refractivity contribution is 6.14. The van der Waals surface area contributed by atoms with Crippen LogP contribution in [0.4, 0.5) is 0 Å². The highest BCUT2D eigenvalue weighted by Crippen LogP contribution is 2.25. The van der Waals surface area contributed by atoms with Crippen molar-refractivity contribution in [1.29, 1.82) is 0 Å². The topological polar surface area (TPSA) is 91.2 Å². The van der Waals surface area contributed by atoms with Crippen LogP contribution in [0.3, 0.4) is 0 Å². The van der Waals surface area contributed by atoms with Gasteiger partial charge in [-0.3, -0.25) is 19.4 Å². The van der Waals surface area contributed by atoms with Gasteiger partial charge in [-0.05, 0) is 18.2 Å². The van der Waals surface area contributed by atoms with Crippen LogP contribution in [0, 0.1) is 0 Å². The molecule has 3 aromatic rings. The largest absolute Gasteiger partial charge is 0.296 e. The smallest absolute Gasteiger partial charge is 0.165 e. The summed E-state index contributed by atoms with van der Waals surface area (Å²) in [5.74, 6) is 6.60. The Labute approximate surface area is 132 Å². The fourth-order valence-electron chi connectivity index (χ4n) is 2.73. The maximum absolute atomic E-state index is 5.21. The van der Waals surface area contributed by atoms with Gasteiger partial charge < -0.3 is 0 Å². The lowest BCUT2D eigenvalue weighted by atomic mass is 10.0. The summed E-state index contributed by atoms with van der Waals surface area (Å²) in [6.45, 7) is 0.596. The third-order valence-corrected chi connectivity index (χ3v) is 3.70. The molecule has 3 heterocycles. The summed E-state index contributed by atoms with van der Waals surface area (Å²) in [6, 6.07) is 13.8. The number of pyridine rings is 1. The van der Waals surface area contributed by atoms with Crippen molar-refractivity contribution in [2.24, 2.45) is 10.9 Å². The quantitative estimate of drug-likeness (QED) is 0.739. The van der Waals surface area contributed by atoms with Crippen LogP contribution in [-0.4, -0.2) is 25.5 Å². The van der Waals surface area contributed by atoms with Crippen molar-refractivity contribution < 1.29 is 4.84 Å². The molecule has 0 atom stereocenters. The molecule has 0 radical (unpaired) electrons. The standard InChI is InChI=1S/C16H14N6O/c17-23-10-15-21-20-14-9-19-16(12-6-3-4-8-18-12)11-5-1-2-7-13(11)22(14)15/h1-8H,9-10,17H2. The normalized spacial score (nSPS) is 13.0. The summed E-state index contributed by atoms with van der Waals surface area (Å²) in [4.78, 5) is 13.9. The van der Waals surface area contributed by atoms with Crippen molar-refractivity contribution >= 4 is 5.71 Å². The first kappa shape index (κ1) is 13.7. The van der Waals surface area contributed by atoms with Gasteiger partial charge in [0.1, 0.15) is 13.2 Å². The molecule has 0 aliphatic carbocycles. The van der Waals surface area contributed by atoms with E-state index >= 15 is 0 Å².